The number of hydrogen-bond acceptors (Lipinski definition) is 4. The van der Waals surface area contributed by atoms with Gasteiger partial charge in [-0.2, -0.15) is 0 Å². The highest BCUT2D eigenvalue weighted by Crippen LogP contribution is 2.21. The molecule has 2 rings (SSSR count). The first-order valence-electron chi connectivity index (χ1n) is 7.14. The quantitative estimate of drug-likeness (QED) is 0.882. The summed E-state index contributed by atoms with van der Waals surface area (Å²) >= 11 is 6.22. The van der Waals surface area contributed by atoms with Crippen LogP contribution >= 0.6 is 11.6 Å². The predicted molar refractivity (Wildman–Crippen MR) is 89.1 cm³/mol. The Bertz CT molecular complexity index is 601. The topological polar surface area (TPSA) is 41.1 Å². The molecule has 2 aromatic rings. The monoisotopic (exact) mass is 304 g/mol. The van der Waals surface area contributed by atoms with E-state index in [0.717, 1.165) is 40.9 Å². The van der Waals surface area contributed by atoms with Gasteiger partial charge in [-0.1, -0.05) is 36.7 Å². The molecule has 0 unspecified atom stereocenters. The fourth-order valence-electron chi connectivity index (χ4n) is 2.11. The van der Waals surface area contributed by atoms with Crippen LogP contribution in [0.2, 0.25) is 5.02 Å². The van der Waals surface area contributed by atoms with Crippen molar-refractivity contribution in [2.45, 2.75) is 26.3 Å². The minimum absolute atomic E-state index is 0.714. The fourth-order valence-corrected chi connectivity index (χ4v) is 2.30. The number of aromatic nitrogens is 2. The Morgan fingerprint density at radius 3 is 2.67 bits per heavy atom. The average Bonchev–Trinajstić information content (AvgIpc) is 2.49. The van der Waals surface area contributed by atoms with Crippen LogP contribution in [-0.2, 0) is 13.0 Å². The first-order valence-corrected chi connectivity index (χ1v) is 7.52. The molecule has 21 heavy (non-hydrogen) atoms. The van der Waals surface area contributed by atoms with Crippen LogP contribution in [0.15, 0.2) is 30.3 Å². The van der Waals surface area contributed by atoms with Gasteiger partial charge in [0.05, 0.1) is 0 Å². The van der Waals surface area contributed by atoms with Gasteiger partial charge >= 0.3 is 0 Å². The molecule has 1 aromatic carbocycles. The van der Waals surface area contributed by atoms with E-state index >= 15 is 0 Å². The third-order valence-electron chi connectivity index (χ3n) is 3.25. The molecule has 1 heterocycles. The molecule has 0 amide bonds. The molecule has 1 aromatic heterocycles. The van der Waals surface area contributed by atoms with Crippen molar-refractivity contribution in [1.82, 2.24) is 9.97 Å². The summed E-state index contributed by atoms with van der Waals surface area (Å²) in [5.41, 5.74) is 1.09. The number of halogens is 1. The van der Waals surface area contributed by atoms with E-state index in [1.807, 2.05) is 44.4 Å². The van der Waals surface area contributed by atoms with E-state index in [2.05, 4.69) is 27.1 Å². The lowest BCUT2D eigenvalue weighted by atomic mass is 10.2. The number of rotatable bonds is 6. The van der Waals surface area contributed by atoms with Gasteiger partial charge in [-0.25, -0.2) is 9.97 Å². The normalized spacial score (nSPS) is 10.5. The molecule has 0 saturated carbocycles. The van der Waals surface area contributed by atoms with Crippen molar-refractivity contribution >= 4 is 23.2 Å². The molecule has 112 valence electrons. The molecular weight excluding hydrogens is 284 g/mol. The van der Waals surface area contributed by atoms with Crippen LogP contribution in [0.3, 0.4) is 0 Å². The summed E-state index contributed by atoms with van der Waals surface area (Å²) in [6.07, 6.45) is 1.91. The maximum atomic E-state index is 6.22. The summed E-state index contributed by atoms with van der Waals surface area (Å²) < 4.78 is 0. The van der Waals surface area contributed by atoms with Gasteiger partial charge in [-0.3, -0.25) is 0 Å². The Balaban J connectivity index is 2.23. The molecule has 0 bridgehead atoms. The number of nitrogens with one attached hydrogen (secondary N) is 1. The Kier molecular flexibility index (Phi) is 5.39. The summed E-state index contributed by atoms with van der Waals surface area (Å²) in [5, 5.41) is 3.87. The van der Waals surface area contributed by atoms with Crippen LogP contribution in [0.5, 0.6) is 0 Å². The summed E-state index contributed by atoms with van der Waals surface area (Å²) in [6, 6.07) is 9.83. The number of aryl methyl sites for hydroxylation is 1. The summed E-state index contributed by atoms with van der Waals surface area (Å²) in [4.78, 5) is 11.2. The van der Waals surface area contributed by atoms with E-state index < -0.39 is 0 Å². The molecule has 1 N–H and O–H groups in total. The second-order valence-electron chi connectivity index (χ2n) is 4.98. The van der Waals surface area contributed by atoms with E-state index in [9.17, 15) is 0 Å². The largest absolute Gasteiger partial charge is 0.373 e. The van der Waals surface area contributed by atoms with Crippen LogP contribution in [-0.4, -0.2) is 24.1 Å². The van der Waals surface area contributed by atoms with Gasteiger partial charge < -0.3 is 10.2 Å². The summed E-state index contributed by atoms with van der Waals surface area (Å²) in [7, 11) is 3.89. The van der Waals surface area contributed by atoms with Gasteiger partial charge in [0.25, 0.3) is 0 Å². The van der Waals surface area contributed by atoms with Gasteiger partial charge in [-0.15, -0.1) is 0 Å². The zero-order valence-corrected chi connectivity index (χ0v) is 13.5. The van der Waals surface area contributed by atoms with E-state index in [1.165, 1.54) is 0 Å². The van der Waals surface area contributed by atoms with Crippen molar-refractivity contribution < 1.29 is 0 Å². The second kappa shape index (κ2) is 7.27. The van der Waals surface area contributed by atoms with Crippen molar-refractivity contribution in [3.63, 3.8) is 0 Å². The Morgan fingerprint density at radius 1 is 1.24 bits per heavy atom. The van der Waals surface area contributed by atoms with Gasteiger partial charge in [0, 0.05) is 38.1 Å². The third kappa shape index (κ3) is 4.08. The van der Waals surface area contributed by atoms with Gasteiger partial charge in [0.2, 0.25) is 0 Å². The van der Waals surface area contributed by atoms with Crippen molar-refractivity contribution in [2.75, 3.05) is 24.3 Å². The van der Waals surface area contributed by atoms with E-state index in [0.29, 0.717) is 6.54 Å². The number of benzene rings is 1. The highest BCUT2D eigenvalue weighted by molar-refractivity contribution is 6.31. The van der Waals surface area contributed by atoms with Crippen molar-refractivity contribution in [3.05, 3.63) is 46.7 Å². The van der Waals surface area contributed by atoms with Crippen molar-refractivity contribution in [2.24, 2.45) is 0 Å². The molecule has 4 nitrogen and oxygen atoms in total. The van der Waals surface area contributed by atoms with E-state index in [4.69, 9.17) is 11.6 Å². The number of nitrogens with zero attached hydrogens (tertiary/aromatic N) is 3. The first kappa shape index (κ1) is 15.6. The molecule has 0 spiro atoms. The van der Waals surface area contributed by atoms with Crippen LogP contribution in [0.4, 0.5) is 11.6 Å². The fraction of sp³-hybridized carbons (Fsp3) is 0.375. The molecule has 5 heteroatoms. The highest BCUT2D eigenvalue weighted by atomic mass is 35.5. The van der Waals surface area contributed by atoms with E-state index in [-0.39, 0.29) is 0 Å². The lowest BCUT2D eigenvalue weighted by Crippen LogP contribution is -2.19. The SMILES string of the molecule is CCCc1nc(NC)cc(N(C)Cc2ccccc2Cl)n1. The molecule has 0 aliphatic heterocycles. The number of hydrogen-bond donors (Lipinski definition) is 1. The highest BCUT2D eigenvalue weighted by Gasteiger charge is 2.09. The lowest BCUT2D eigenvalue weighted by Gasteiger charge is -2.20. The van der Waals surface area contributed by atoms with Crippen LogP contribution in [0.1, 0.15) is 24.7 Å². The van der Waals surface area contributed by atoms with Crippen molar-refractivity contribution in [1.29, 1.82) is 0 Å². The Hall–Kier alpha value is -1.81. The average molecular weight is 305 g/mol. The van der Waals surface area contributed by atoms with Crippen LogP contribution < -0.4 is 10.2 Å². The molecule has 0 atom stereocenters. The Morgan fingerprint density at radius 2 is 2.00 bits per heavy atom. The van der Waals surface area contributed by atoms with Gasteiger partial charge in [0.15, 0.2) is 0 Å². The standard InChI is InChI=1S/C16H21ClN4/c1-4-7-14-19-15(18-2)10-16(20-14)21(3)11-12-8-5-6-9-13(12)17/h5-6,8-10H,4,7,11H2,1-3H3,(H,18,19,20). The first-order chi connectivity index (χ1) is 10.1. The number of anilines is 2. The molecular formula is C16H21ClN4. The van der Waals surface area contributed by atoms with Crippen LogP contribution in [0.25, 0.3) is 0 Å². The molecule has 0 radical (unpaired) electrons. The minimum Gasteiger partial charge on any atom is -0.373 e. The minimum atomic E-state index is 0.714. The molecule has 0 aliphatic rings. The van der Waals surface area contributed by atoms with Gasteiger partial charge in [-0.05, 0) is 18.1 Å². The second-order valence-corrected chi connectivity index (χ2v) is 5.38. The zero-order chi connectivity index (χ0) is 15.2. The molecule has 0 aliphatic carbocycles. The maximum absolute atomic E-state index is 6.22. The predicted octanol–water partition coefficient (Wildman–Crippen LogP) is 3.76. The molecule has 0 fully saturated rings. The van der Waals surface area contributed by atoms with Gasteiger partial charge in [0.1, 0.15) is 17.5 Å². The molecule has 0 saturated heterocycles. The van der Waals surface area contributed by atoms with Crippen LogP contribution in [0, 0.1) is 0 Å². The summed E-state index contributed by atoms with van der Waals surface area (Å²) in [6.45, 7) is 2.84. The Labute approximate surface area is 131 Å². The van der Waals surface area contributed by atoms with E-state index in [1.54, 1.807) is 0 Å². The smallest absolute Gasteiger partial charge is 0.134 e. The van der Waals surface area contributed by atoms with Crippen molar-refractivity contribution in [3.8, 4) is 0 Å². The lowest BCUT2D eigenvalue weighted by molar-refractivity contribution is 0.813. The third-order valence-corrected chi connectivity index (χ3v) is 3.61. The maximum Gasteiger partial charge on any atom is 0.134 e. The zero-order valence-electron chi connectivity index (χ0n) is 12.7. The summed E-state index contributed by atoms with van der Waals surface area (Å²) in [5.74, 6) is 2.61.